The van der Waals surface area contributed by atoms with Gasteiger partial charge in [0.15, 0.2) is 0 Å². The molecule has 5 nitrogen and oxygen atoms in total. The van der Waals surface area contributed by atoms with Crippen molar-refractivity contribution in [3.05, 3.63) is 108 Å². The van der Waals surface area contributed by atoms with E-state index in [1.807, 2.05) is 93.6 Å². The summed E-state index contributed by atoms with van der Waals surface area (Å²) in [5.41, 5.74) is 1.20. The van der Waals surface area contributed by atoms with Crippen LogP contribution in [0.5, 0.6) is 0 Å². The lowest BCUT2D eigenvalue weighted by Crippen LogP contribution is -2.51. The summed E-state index contributed by atoms with van der Waals surface area (Å²) in [4.78, 5) is 30.7. The predicted molar refractivity (Wildman–Crippen MR) is 139 cm³/mol. The molecule has 0 N–H and O–H groups in total. The second-order valence-electron chi connectivity index (χ2n) is 9.75. The summed E-state index contributed by atoms with van der Waals surface area (Å²) in [5.74, 6) is 0.452. The normalized spacial score (nSPS) is 11.4. The van der Waals surface area contributed by atoms with Crippen LogP contribution in [0.3, 0.4) is 0 Å². The first kappa shape index (κ1) is 24.3. The molecule has 180 valence electrons. The lowest BCUT2D eigenvalue weighted by molar-refractivity contribution is -0.133. The van der Waals surface area contributed by atoms with Crippen molar-refractivity contribution in [2.45, 2.75) is 39.3 Å². The lowest BCUT2D eigenvalue weighted by atomic mass is 10.0. The van der Waals surface area contributed by atoms with E-state index in [1.54, 1.807) is 16.1 Å². The Morgan fingerprint density at radius 2 is 1.54 bits per heavy atom. The van der Waals surface area contributed by atoms with Crippen LogP contribution in [0.15, 0.2) is 95.6 Å². The Morgan fingerprint density at radius 1 is 0.829 bits per heavy atom. The van der Waals surface area contributed by atoms with Gasteiger partial charge in [-0.05, 0) is 67.8 Å². The monoisotopic (exact) mass is 468 g/mol. The third-order valence-electron chi connectivity index (χ3n) is 6.14. The molecule has 0 saturated heterocycles. The molecule has 0 unspecified atom stereocenters. The number of hydrogen-bond donors (Lipinski definition) is 0. The zero-order chi connectivity index (χ0) is 24.8. The molecule has 0 aliphatic heterocycles. The van der Waals surface area contributed by atoms with Crippen LogP contribution in [0.4, 0.5) is 0 Å². The van der Waals surface area contributed by atoms with Crippen LogP contribution in [0.25, 0.3) is 10.8 Å². The predicted octanol–water partition coefficient (Wildman–Crippen LogP) is 5.95. The molecular formula is C30H32N2O3. The third-order valence-corrected chi connectivity index (χ3v) is 6.14. The molecule has 1 heterocycles. The Balaban J connectivity index is 1.55. The Labute approximate surface area is 207 Å². The fraction of sp³-hybridized carbons (Fsp3) is 0.267. The van der Waals surface area contributed by atoms with E-state index < -0.39 is 5.54 Å². The first-order valence-electron chi connectivity index (χ1n) is 12.0. The highest BCUT2D eigenvalue weighted by atomic mass is 16.3. The van der Waals surface area contributed by atoms with Crippen molar-refractivity contribution in [3.63, 3.8) is 0 Å². The molecule has 4 rings (SSSR count). The van der Waals surface area contributed by atoms with Crippen LogP contribution in [-0.2, 0) is 17.8 Å². The van der Waals surface area contributed by atoms with Gasteiger partial charge in [0.05, 0.1) is 12.8 Å². The zero-order valence-corrected chi connectivity index (χ0v) is 20.6. The summed E-state index contributed by atoms with van der Waals surface area (Å²) < 4.78 is 5.52. The molecule has 1 aromatic heterocycles. The van der Waals surface area contributed by atoms with Crippen LogP contribution in [-0.4, -0.2) is 40.2 Å². The van der Waals surface area contributed by atoms with Gasteiger partial charge >= 0.3 is 0 Å². The number of hydrogen-bond acceptors (Lipinski definition) is 3. The molecule has 35 heavy (non-hydrogen) atoms. The van der Waals surface area contributed by atoms with Crippen molar-refractivity contribution in [1.82, 2.24) is 9.80 Å². The quantitative estimate of drug-likeness (QED) is 0.321. The zero-order valence-electron chi connectivity index (χ0n) is 20.6. The SMILES string of the molecule is CC(C)(C)N(CC(=O)N(CCc1ccccc1)Cc1ccco1)C(=O)c1ccc2ccccc2c1. The van der Waals surface area contributed by atoms with Gasteiger partial charge in [-0.1, -0.05) is 60.7 Å². The van der Waals surface area contributed by atoms with Crippen LogP contribution in [0.2, 0.25) is 0 Å². The lowest BCUT2D eigenvalue weighted by Gasteiger charge is -2.37. The van der Waals surface area contributed by atoms with Crippen molar-refractivity contribution < 1.29 is 14.0 Å². The highest BCUT2D eigenvalue weighted by molar-refractivity contribution is 6.00. The number of furan rings is 1. The maximum absolute atomic E-state index is 13.6. The van der Waals surface area contributed by atoms with Gasteiger partial charge in [0.1, 0.15) is 12.3 Å². The molecule has 2 amide bonds. The number of benzene rings is 3. The van der Waals surface area contributed by atoms with E-state index in [-0.39, 0.29) is 18.4 Å². The van der Waals surface area contributed by atoms with E-state index in [0.717, 1.165) is 28.5 Å². The number of rotatable bonds is 8. The number of carbonyl (C=O) groups excluding carboxylic acids is 2. The van der Waals surface area contributed by atoms with Crippen LogP contribution in [0.1, 0.15) is 42.5 Å². The molecule has 0 atom stereocenters. The van der Waals surface area contributed by atoms with E-state index in [4.69, 9.17) is 4.42 Å². The van der Waals surface area contributed by atoms with Gasteiger partial charge in [-0.25, -0.2) is 0 Å². The molecule has 0 spiro atoms. The average Bonchev–Trinajstić information content (AvgIpc) is 3.37. The number of fused-ring (bicyclic) bond motifs is 1. The summed E-state index contributed by atoms with van der Waals surface area (Å²) in [6.07, 6.45) is 2.33. The van der Waals surface area contributed by atoms with Crippen molar-refractivity contribution in [2.75, 3.05) is 13.1 Å². The third kappa shape index (κ3) is 6.18. The van der Waals surface area contributed by atoms with E-state index in [0.29, 0.717) is 18.7 Å². The van der Waals surface area contributed by atoms with Crippen molar-refractivity contribution >= 4 is 22.6 Å². The van der Waals surface area contributed by atoms with E-state index in [2.05, 4.69) is 12.1 Å². The number of nitrogens with zero attached hydrogens (tertiary/aromatic N) is 2. The second-order valence-corrected chi connectivity index (χ2v) is 9.75. The van der Waals surface area contributed by atoms with Gasteiger partial charge < -0.3 is 14.2 Å². The number of carbonyl (C=O) groups is 2. The fourth-order valence-corrected chi connectivity index (χ4v) is 4.12. The molecular weight excluding hydrogens is 436 g/mol. The van der Waals surface area contributed by atoms with Gasteiger partial charge in [-0.2, -0.15) is 0 Å². The van der Waals surface area contributed by atoms with Crippen molar-refractivity contribution in [3.8, 4) is 0 Å². The molecule has 0 saturated carbocycles. The Bertz CT molecular complexity index is 1270. The molecule has 5 heteroatoms. The molecule has 3 aromatic carbocycles. The molecule has 0 fully saturated rings. The summed E-state index contributed by atoms with van der Waals surface area (Å²) in [6, 6.07) is 27.4. The van der Waals surface area contributed by atoms with Crippen LogP contribution in [0, 0.1) is 0 Å². The van der Waals surface area contributed by atoms with Gasteiger partial charge in [0.25, 0.3) is 5.91 Å². The maximum Gasteiger partial charge on any atom is 0.254 e. The average molecular weight is 469 g/mol. The minimum Gasteiger partial charge on any atom is -0.467 e. The highest BCUT2D eigenvalue weighted by Crippen LogP contribution is 2.22. The summed E-state index contributed by atoms with van der Waals surface area (Å²) in [7, 11) is 0. The van der Waals surface area contributed by atoms with E-state index in [9.17, 15) is 9.59 Å². The first-order valence-corrected chi connectivity index (χ1v) is 12.0. The topological polar surface area (TPSA) is 53.8 Å². The molecule has 4 aromatic rings. The smallest absolute Gasteiger partial charge is 0.254 e. The van der Waals surface area contributed by atoms with Crippen molar-refractivity contribution in [2.24, 2.45) is 0 Å². The molecule has 0 aliphatic rings. The summed E-state index contributed by atoms with van der Waals surface area (Å²) >= 11 is 0. The van der Waals surface area contributed by atoms with Crippen molar-refractivity contribution in [1.29, 1.82) is 0 Å². The molecule has 0 aliphatic carbocycles. The first-order chi connectivity index (χ1) is 16.8. The fourth-order valence-electron chi connectivity index (χ4n) is 4.12. The van der Waals surface area contributed by atoms with Gasteiger partial charge in [0, 0.05) is 17.6 Å². The Hall–Kier alpha value is -3.86. The standard InChI is InChI=1S/C30H32N2O3/c1-30(2,3)32(29(34)26-16-15-24-12-7-8-13-25(24)20-26)22-28(33)31(21-27-14-9-19-35-27)18-17-23-10-5-4-6-11-23/h4-16,19-20H,17-18,21-22H2,1-3H3. The molecule has 0 bridgehead atoms. The van der Waals surface area contributed by atoms with Crippen LogP contribution < -0.4 is 0 Å². The van der Waals surface area contributed by atoms with E-state index in [1.165, 1.54) is 0 Å². The Kier molecular flexibility index (Phi) is 7.35. The summed E-state index contributed by atoms with van der Waals surface area (Å²) in [5, 5.41) is 2.08. The van der Waals surface area contributed by atoms with E-state index >= 15 is 0 Å². The highest BCUT2D eigenvalue weighted by Gasteiger charge is 2.31. The van der Waals surface area contributed by atoms with Gasteiger partial charge in [-0.15, -0.1) is 0 Å². The second kappa shape index (κ2) is 10.6. The van der Waals surface area contributed by atoms with Crippen LogP contribution >= 0.6 is 0 Å². The summed E-state index contributed by atoms with van der Waals surface area (Å²) in [6.45, 7) is 6.76. The largest absolute Gasteiger partial charge is 0.467 e. The van der Waals surface area contributed by atoms with Gasteiger partial charge in [0.2, 0.25) is 5.91 Å². The molecule has 0 radical (unpaired) electrons. The maximum atomic E-state index is 13.6. The Morgan fingerprint density at radius 3 is 2.23 bits per heavy atom. The van der Waals surface area contributed by atoms with Gasteiger partial charge in [-0.3, -0.25) is 9.59 Å². The minimum atomic E-state index is -0.534. The number of amides is 2. The minimum absolute atomic E-state index is 0.00927.